The minimum atomic E-state index is 0.175. The third-order valence-electron chi connectivity index (χ3n) is 3.32. The maximum absolute atomic E-state index is 9.11. The van der Waals surface area contributed by atoms with Gasteiger partial charge in [-0.3, -0.25) is 0 Å². The molecule has 0 aliphatic rings. The van der Waals surface area contributed by atoms with Gasteiger partial charge in [0.15, 0.2) is 0 Å². The summed E-state index contributed by atoms with van der Waals surface area (Å²) in [4.78, 5) is 0. The second-order valence-electron chi connectivity index (χ2n) is 4.88. The van der Waals surface area contributed by atoms with Crippen molar-refractivity contribution in [3.63, 3.8) is 0 Å². The fraction of sp³-hybridized carbons (Fsp3) is 0.235. The second kappa shape index (κ2) is 5.58. The van der Waals surface area contributed by atoms with Gasteiger partial charge in [0.05, 0.1) is 11.3 Å². The van der Waals surface area contributed by atoms with Gasteiger partial charge in [-0.25, -0.2) is 0 Å². The van der Waals surface area contributed by atoms with Crippen LogP contribution in [0.25, 0.3) is 0 Å². The highest BCUT2D eigenvalue weighted by molar-refractivity contribution is 5.58. The largest absolute Gasteiger partial charge is 0.377 e. The van der Waals surface area contributed by atoms with Gasteiger partial charge in [-0.05, 0) is 44.0 Å². The Morgan fingerprint density at radius 2 is 1.84 bits per heavy atom. The summed E-state index contributed by atoms with van der Waals surface area (Å²) in [7, 11) is 0. The number of nitriles is 1. The lowest BCUT2D eigenvalue weighted by Gasteiger charge is -2.19. The molecule has 2 rings (SSSR count). The SMILES string of the molecule is Cc1ccc(C)c(C(C)Nc2ccccc2C#N)c1. The van der Waals surface area contributed by atoms with Crippen LogP contribution in [0.4, 0.5) is 5.69 Å². The molecule has 0 aromatic heterocycles. The first-order chi connectivity index (χ1) is 9.11. The zero-order valence-corrected chi connectivity index (χ0v) is 11.6. The predicted molar refractivity (Wildman–Crippen MR) is 79.1 cm³/mol. The van der Waals surface area contributed by atoms with Crippen LogP contribution in [-0.4, -0.2) is 0 Å². The maximum Gasteiger partial charge on any atom is 0.101 e. The summed E-state index contributed by atoms with van der Waals surface area (Å²) in [5.41, 5.74) is 5.36. The standard InChI is InChI=1S/C17H18N2/c1-12-8-9-13(2)16(10-12)14(3)19-17-7-5-4-6-15(17)11-18/h4-10,14,19H,1-3H3. The summed E-state index contributed by atoms with van der Waals surface area (Å²) in [6.07, 6.45) is 0. The molecule has 96 valence electrons. The fourth-order valence-electron chi connectivity index (χ4n) is 2.24. The number of aryl methyl sites for hydroxylation is 2. The molecule has 1 atom stereocenters. The van der Waals surface area contributed by atoms with Crippen LogP contribution in [0.5, 0.6) is 0 Å². The summed E-state index contributed by atoms with van der Waals surface area (Å²) >= 11 is 0. The summed E-state index contributed by atoms with van der Waals surface area (Å²) in [5.74, 6) is 0. The van der Waals surface area contributed by atoms with Crippen molar-refractivity contribution < 1.29 is 0 Å². The van der Waals surface area contributed by atoms with Gasteiger partial charge in [0.25, 0.3) is 0 Å². The Hall–Kier alpha value is -2.27. The van der Waals surface area contributed by atoms with Crippen molar-refractivity contribution in [3.05, 3.63) is 64.7 Å². The van der Waals surface area contributed by atoms with Crippen molar-refractivity contribution in [3.8, 4) is 6.07 Å². The fourth-order valence-corrected chi connectivity index (χ4v) is 2.24. The molecule has 2 nitrogen and oxygen atoms in total. The molecule has 0 saturated carbocycles. The van der Waals surface area contributed by atoms with Gasteiger partial charge in [0.1, 0.15) is 6.07 Å². The monoisotopic (exact) mass is 250 g/mol. The minimum absolute atomic E-state index is 0.175. The predicted octanol–water partition coefficient (Wildman–Crippen LogP) is 4.35. The van der Waals surface area contributed by atoms with Gasteiger partial charge in [-0.1, -0.05) is 35.9 Å². The van der Waals surface area contributed by atoms with E-state index >= 15 is 0 Å². The summed E-state index contributed by atoms with van der Waals surface area (Å²) < 4.78 is 0. The molecule has 0 fully saturated rings. The molecule has 1 unspecified atom stereocenters. The van der Waals surface area contributed by atoms with Crippen molar-refractivity contribution in [2.45, 2.75) is 26.8 Å². The molecule has 0 radical (unpaired) electrons. The molecular formula is C17H18N2. The number of hydrogen-bond acceptors (Lipinski definition) is 2. The van der Waals surface area contributed by atoms with E-state index in [1.165, 1.54) is 16.7 Å². The maximum atomic E-state index is 9.11. The van der Waals surface area contributed by atoms with Crippen LogP contribution in [0.3, 0.4) is 0 Å². The first-order valence-electron chi connectivity index (χ1n) is 6.44. The smallest absolute Gasteiger partial charge is 0.101 e. The van der Waals surface area contributed by atoms with Crippen LogP contribution in [-0.2, 0) is 0 Å². The van der Waals surface area contributed by atoms with E-state index in [4.69, 9.17) is 5.26 Å². The van der Waals surface area contributed by atoms with Crippen LogP contribution in [0.1, 0.15) is 35.2 Å². The van der Waals surface area contributed by atoms with E-state index in [1.54, 1.807) is 0 Å². The molecule has 0 aliphatic heterocycles. The highest BCUT2D eigenvalue weighted by Gasteiger charge is 2.10. The Bertz CT molecular complexity index is 623. The van der Waals surface area contributed by atoms with E-state index in [9.17, 15) is 0 Å². The summed E-state index contributed by atoms with van der Waals surface area (Å²) in [6.45, 7) is 6.33. The van der Waals surface area contributed by atoms with E-state index < -0.39 is 0 Å². The van der Waals surface area contributed by atoms with Gasteiger partial charge < -0.3 is 5.32 Å². The molecule has 0 amide bonds. The van der Waals surface area contributed by atoms with Crippen LogP contribution in [0.2, 0.25) is 0 Å². The van der Waals surface area contributed by atoms with Crippen molar-refractivity contribution in [1.82, 2.24) is 0 Å². The van der Waals surface area contributed by atoms with Crippen LogP contribution >= 0.6 is 0 Å². The van der Waals surface area contributed by atoms with Gasteiger partial charge in [-0.15, -0.1) is 0 Å². The molecule has 1 N–H and O–H groups in total. The minimum Gasteiger partial charge on any atom is -0.377 e. The van der Waals surface area contributed by atoms with Gasteiger partial charge >= 0.3 is 0 Å². The van der Waals surface area contributed by atoms with Crippen LogP contribution in [0.15, 0.2) is 42.5 Å². The zero-order chi connectivity index (χ0) is 13.8. The van der Waals surface area contributed by atoms with Crippen LogP contribution < -0.4 is 5.32 Å². The lowest BCUT2D eigenvalue weighted by molar-refractivity contribution is 0.871. The number of benzene rings is 2. The normalized spacial score (nSPS) is 11.7. The molecule has 2 heteroatoms. The highest BCUT2D eigenvalue weighted by Crippen LogP contribution is 2.24. The van der Waals surface area contributed by atoms with E-state index in [0.717, 1.165) is 5.69 Å². The molecule has 0 spiro atoms. The van der Waals surface area contributed by atoms with E-state index in [-0.39, 0.29) is 6.04 Å². The van der Waals surface area contributed by atoms with E-state index in [0.29, 0.717) is 5.56 Å². The Morgan fingerprint density at radius 3 is 2.58 bits per heavy atom. The van der Waals surface area contributed by atoms with Crippen molar-refractivity contribution in [1.29, 1.82) is 5.26 Å². The van der Waals surface area contributed by atoms with Crippen molar-refractivity contribution in [2.24, 2.45) is 0 Å². The number of para-hydroxylation sites is 1. The first kappa shape index (κ1) is 13.2. The highest BCUT2D eigenvalue weighted by atomic mass is 14.9. The summed E-state index contributed by atoms with van der Waals surface area (Å²) in [5, 5.41) is 12.5. The first-order valence-corrected chi connectivity index (χ1v) is 6.44. The summed E-state index contributed by atoms with van der Waals surface area (Å²) in [6, 6.07) is 16.4. The molecule has 0 aliphatic carbocycles. The van der Waals surface area contributed by atoms with E-state index in [2.05, 4.69) is 50.4 Å². The van der Waals surface area contributed by atoms with Gasteiger partial charge in [-0.2, -0.15) is 5.26 Å². The lowest BCUT2D eigenvalue weighted by atomic mass is 9.99. The van der Waals surface area contributed by atoms with Crippen molar-refractivity contribution >= 4 is 5.69 Å². The third kappa shape index (κ3) is 2.95. The molecule has 0 bridgehead atoms. The second-order valence-corrected chi connectivity index (χ2v) is 4.88. The number of nitrogens with one attached hydrogen (secondary N) is 1. The number of hydrogen-bond donors (Lipinski definition) is 1. The topological polar surface area (TPSA) is 35.8 Å². The lowest BCUT2D eigenvalue weighted by Crippen LogP contribution is -2.09. The zero-order valence-electron chi connectivity index (χ0n) is 11.6. The number of rotatable bonds is 3. The Balaban J connectivity index is 2.28. The number of anilines is 1. The third-order valence-corrected chi connectivity index (χ3v) is 3.32. The average molecular weight is 250 g/mol. The van der Waals surface area contributed by atoms with Crippen LogP contribution in [0, 0.1) is 25.2 Å². The molecule has 19 heavy (non-hydrogen) atoms. The Labute approximate surface area is 114 Å². The molecule has 2 aromatic rings. The molecular weight excluding hydrogens is 232 g/mol. The van der Waals surface area contributed by atoms with Crippen molar-refractivity contribution in [2.75, 3.05) is 5.32 Å². The molecule has 0 saturated heterocycles. The average Bonchev–Trinajstić information content (AvgIpc) is 2.42. The van der Waals surface area contributed by atoms with Gasteiger partial charge in [0.2, 0.25) is 0 Å². The van der Waals surface area contributed by atoms with E-state index in [1.807, 2.05) is 24.3 Å². The Morgan fingerprint density at radius 1 is 1.11 bits per heavy atom. The molecule has 0 heterocycles. The molecule has 2 aromatic carbocycles. The quantitative estimate of drug-likeness (QED) is 0.879. The Kier molecular flexibility index (Phi) is 3.87. The van der Waals surface area contributed by atoms with Gasteiger partial charge in [0, 0.05) is 6.04 Å². The number of nitrogens with zero attached hydrogens (tertiary/aromatic N) is 1.